The van der Waals surface area contributed by atoms with Gasteiger partial charge in [-0.25, -0.2) is 9.97 Å². The van der Waals surface area contributed by atoms with Crippen molar-refractivity contribution in [3.8, 4) is 0 Å². The SMILES string of the molecule is O=C(NCc1ccc(C(F)(F)F)cn1)c1cnc2c(c1)ncn2C1CCCC1. The molecule has 0 radical (unpaired) electrons. The average Bonchev–Trinajstić information content (AvgIpc) is 3.34. The number of nitrogens with zero attached hydrogens (tertiary/aromatic N) is 4. The van der Waals surface area contributed by atoms with E-state index in [1.54, 1.807) is 12.4 Å². The number of imidazole rings is 1. The van der Waals surface area contributed by atoms with Crippen LogP contribution in [0, 0.1) is 0 Å². The summed E-state index contributed by atoms with van der Waals surface area (Å²) in [6.07, 6.45) is 4.19. The maximum atomic E-state index is 12.6. The first-order valence-electron chi connectivity index (χ1n) is 9.05. The smallest absolute Gasteiger partial charge is 0.346 e. The number of carbonyl (C=O) groups is 1. The number of aromatic nitrogens is 4. The summed E-state index contributed by atoms with van der Waals surface area (Å²) in [4.78, 5) is 24.9. The van der Waals surface area contributed by atoms with Gasteiger partial charge in [0.05, 0.1) is 29.7 Å². The van der Waals surface area contributed by atoms with Gasteiger partial charge in [-0.2, -0.15) is 13.2 Å². The molecule has 9 heteroatoms. The highest BCUT2D eigenvalue weighted by Crippen LogP contribution is 2.31. The Balaban J connectivity index is 1.44. The summed E-state index contributed by atoms with van der Waals surface area (Å²) in [6.45, 7) is 0.0194. The zero-order valence-corrected chi connectivity index (χ0v) is 14.9. The Morgan fingerprint density at radius 2 is 1.93 bits per heavy atom. The Morgan fingerprint density at radius 3 is 2.61 bits per heavy atom. The molecule has 1 saturated carbocycles. The number of hydrogen-bond donors (Lipinski definition) is 1. The van der Waals surface area contributed by atoms with E-state index in [4.69, 9.17) is 0 Å². The van der Waals surface area contributed by atoms with Gasteiger partial charge in [0.15, 0.2) is 5.65 Å². The predicted octanol–water partition coefficient (Wildman–Crippen LogP) is 3.89. The molecule has 1 fully saturated rings. The molecule has 146 valence electrons. The number of pyridine rings is 2. The van der Waals surface area contributed by atoms with Gasteiger partial charge in [0, 0.05) is 18.4 Å². The Morgan fingerprint density at radius 1 is 1.14 bits per heavy atom. The first kappa shape index (κ1) is 18.4. The van der Waals surface area contributed by atoms with Crippen LogP contribution in [0.5, 0.6) is 0 Å². The number of nitrogens with one attached hydrogen (secondary N) is 1. The second kappa shape index (κ2) is 7.21. The zero-order chi connectivity index (χ0) is 19.7. The van der Waals surface area contributed by atoms with Gasteiger partial charge in [0.1, 0.15) is 5.52 Å². The number of carbonyl (C=O) groups excluding carboxylic acids is 1. The number of amides is 1. The van der Waals surface area contributed by atoms with Crippen LogP contribution in [0.2, 0.25) is 0 Å². The number of hydrogen-bond acceptors (Lipinski definition) is 4. The third kappa shape index (κ3) is 3.69. The molecule has 0 saturated heterocycles. The molecule has 0 bridgehead atoms. The van der Waals surface area contributed by atoms with Gasteiger partial charge >= 0.3 is 6.18 Å². The highest BCUT2D eigenvalue weighted by molar-refractivity contribution is 5.96. The molecular weight excluding hydrogens is 371 g/mol. The largest absolute Gasteiger partial charge is 0.417 e. The fraction of sp³-hybridized carbons (Fsp3) is 0.368. The lowest BCUT2D eigenvalue weighted by Gasteiger charge is -2.11. The predicted molar refractivity (Wildman–Crippen MR) is 95.4 cm³/mol. The normalized spacial score (nSPS) is 15.2. The minimum absolute atomic E-state index is 0.0194. The highest BCUT2D eigenvalue weighted by atomic mass is 19.4. The maximum Gasteiger partial charge on any atom is 0.417 e. The van der Waals surface area contributed by atoms with Gasteiger partial charge in [0.2, 0.25) is 0 Å². The topological polar surface area (TPSA) is 72.7 Å². The molecule has 0 aliphatic heterocycles. The summed E-state index contributed by atoms with van der Waals surface area (Å²) in [5.41, 5.74) is 1.26. The van der Waals surface area contributed by atoms with Crippen LogP contribution in [0.25, 0.3) is 11.2 Å². The minimum Gasteiger partial charge on any atom is -0.346 e. The first-order chi connectivity index (χ1) is 13.4. The summed E-state index contributed by atoms with van der Waals surface area (Å²) in [5.74, 6) is -0.383. The van der Waals surface area contributed by atoms with E-state index >= 15 is 0 Å². The molecule has 0 atom stereocenters. The maximum absolute atomic E-state index is 12.6. The monoisotopic (exact) mass is 389 g/mol. The lowest BCUT2D eigenvalue weighted by molar-refractivity contribution is -0.137. The molecule has 4 rings (SSSR count). The van der Waals surface area contributed by atoms with Crippen LogP contribution in [0.3, 0.4) is 0 Å². The van der Waals surface area contributed by atoms with E-state index < -0.39 is 11.7 Å². The molecule has 3 heterocycles. The van der Waals surface area contributed by atoms with Crippen molar-refractivity contribution in [2.75, 3.05) is 0 Å². The van der Waals surface area contributed by atoms with Crippen LogP contribution >= 0.6 is 0 Å². The summed E-state index contributed by atoms with van der Waals surface area (Å²) < 4.78 is 39.7. The van der Waals surface area contributed by atoms with E-state index in [1.807, 2.05) is 0 Å². The van der Waals surface area contributed by atoms with E-state index in [0.717, 1.165) is 30.8 Å². The van der Waals surface area contributed by atoms with E-state index in [1.165, 1.54) is 25.1 Å². The number of halogens is 3. The van der Waals surface area contributed by atoms with Crippen molar-refractivity contribution >= 4 is 17.1 Å². The minimum atomic E-state index is -4.43. The molecule has 0 aromatic carbocycles. The Labute approximate surface area is 158 Å². The molecule has 0 unspecified atom stereocenters. The van der Waals surface area contributed by atoms with Crippen LogP contribution in [0.1, 0.15) is 53.3 Å². The molecule has 3 aromatic rings. The first-order valence-corrected chi connectivity index (χ1v) is 9.05. The molecule has 6 nitrogen and oxygen atoms in total. The van der Waals surface area contributed by atoms with Gasteiger partial charge in [0.25, 0.3) is 5.91 Å². The van der Waals surface area contributed by atoms with Gasteiger partial charge in [-0.05, 0) is 31.0 Å². The van der Waals surface area contributed by atoms with Gasteiger partial charge in [-0.15, -0.1) is 0 Å². The van der Waals surface area contributed by atoms with Gasteiger partial charge in [-0.3, -0.25) is 9.78 Å². The summed E-state index contributed by atoms with van der Waals surface area (Å²) >= 11 is 0. The van der Waals surface area contributed by atoms with E-state index in [-0.39, 0.29) is 12.5 Å². The third-order valence-corrected chi connectivity index (χ3v) is 4.98. The molecule has 1 aliphatic carbocycles. The van der Waals surface area contributed by atoms with Gasteiger partial charge < -0.3 is 9.88 Å². The standard InChI is InChI=1S/C19H18F3N5O/c20-19(21,22)13-5-6-14(23-9-13)10-25-18(28)12-7-16-17(24-8-12)27(11-26-16)15-3-1-2-4-15/h5-9,11,15H,1-4,10H2,(H,25,28). The lowest BCUT2D eigenvalue weighted by atomic mass is 10.2. The van der Waals surface area contributed by atoms with Crippen molar-refractivity contribution in [1.29, 1.82) is 0 Å². The lowest BCUT2D eigenvalue weighted by Crippen LogP contribution is -2.23. The van der Waals surface area contributed by atoms with Gasteiger partial charge in [-0.1, -0.05) is 12.8 Å². The number of rotatable bonds is 4. The second-order valence-electron chi connectivity index (χ2n) is 6.88. The van der Waals surface area contributed by atoms with Crippen LogP contribution in [0.4, 0.5) is 13.2 Å². The van der Waals surface area contributed by atoms with Crippen molar-refractivity contribution in [3.05, 3.63) is 53.7 Å². The average molecular weight is 389 g/mol. The van der Waals surface area contributed by atoms with Crippen LogP contribution in [0.15, 0.2) is 36.9 Å². The van der Waals surface area contributed by atoms with Crippen LogP contribution < -0.4 is 5.32 Å². The summed E-state index contributed by atoms with van der Waals surface area (Å²) in [7, 11) is 0. The molecule has 1 amide bonds. The fourth-order valence-corrected chi connectivity index (χ4v) is 3.46. The third-order valence-electron chi connectivity index (χ3n) is 4.98. The summed E-state index contributed by atoms with van der Waals surface area (Å²) in [5, 5.41) is 2.64. The van der Waals surface area contributed by atoms with Crippen molar-refractivity contribution in [2.24, 2.45) is 0 Å². The molecular formula is C19H18F3N5O. The molecule has 1 aliphatic rings. The second-order valence-corrected chi connectivity index (χ2v) is 6.88. The van der Waals surface area contributed by atoms with E-state index in [2.05, 4.69) is 24.8 Å². The van der Waals surface area contributed by atoms with Crippen LogP contribution in [-0.4, -0.2) is 25.4 Å². The molecule has 0 spiro atoms. The van der Waals surface area contributed by atoms with E-state index in [9.17, 15) is 18.0 Å². The van der Waals surface area contributed by atoms with Crippen molar-refractivity contribution < 1.29 is 18.0 Å². The van der Waals surface area contributed by atoms with Crippen molar-refractivity contribution in [1.82, 2.24) is 24.8 Å². The van der Waals surface area contributed by atoms with E-state index in [0.29, 0.717) is 22.8 Å². The van der Waals surface area contributed by atoms with Crippen molar-refractivity contribution in [3.63, 3.8) is 0 Å². The zero-order valence-electron chi connectivity index (χ0n) is 14.9. The Hall–Kier alpha value is -2.97. The molecule has 3 aromatic heterocycles. The Kier molecular flexibility index (Phi) is 4.74. The fourth-order valence-electron chi connectivity index (χ4n) is 3.46. The molecule has 28 heavy (non-hydrogen) atoms. The molecule has 1 N–H and O–H groups in total. The van der Waals surface area contributed by atoms with Crippen molar-refractivity contribution in [2.45, 2.75) is 44.4 Å². The number of alkyl halides is 3. The van der Waals surface area contributed by atoms with Crippen LogP contribution in [-0.2, 0) is 12.7 Å². The highest BCUT2D eigenvalue weighted by Gasteiger charge is 2.30. The quantitative estimate of drug-likeness (QED) is 0.735. The Bertz CT molecular complexity index is 991. The summed E-state index contributed by atoms with van der Waals surface area (Å²) in [6, 6.07) is 4.26. The number of fused-ring (bicyclic) bond motifs is 1.